The molecule has 1 atom stereocenters. The SMILES string of the molecule is Cn1ccc(CN2CCCC2c2nc3c(n2C)CCCC3)c1. The van der Waals surface area contributed by atoms with Gasteiger partial charge in [0.15, 0.2) is 0 Å². The first-order chi connectivity index (χ1) is 10.7. The van der Waals surface area contributed by atoms with Crippen LogP contribution in [0.15, 0.2) is 18.5 Å². The van der Waals surface area contributed by atoms with E-state index in [1.807, 2.05) is 0 Å². The van der Waals surface area contributed by atoms with Crippen LogP contribution in [0.3, 0.4) is 0 Å². The monoisotopic (exact) mass is 298 g/mol. The second-order valence-electron chi connectivity index (χ2n) is 6.94. The predicted molar refractivity (Wildman–Crippen MR) is 87.6 cm³/mol. The number of fused-ring (bicyclic) bond motifs is 1. The van der Waals surface area contributed by atoms with Crippen LogP contribution in [0, 0.1) is 0 Å². The van der Waals surface area contributed by atoms with Crippen LogP contribution in [-0.2, 0) is 33.5 Å². The van der Waals surface area contributed by atoms with Gasteiger partial charge in [-0.05, 0) is 56.7 Å². The minimum atomic E-state index is 0.496. The maximum atomic E-state index is 5.05. The molecule has 0 N–H and O–H groups in total. The molecule has 4 nitrogen and oxygen atoms in total. The highest BCUT2D eigenvalue weighted by molar-refractivity contribution is 5.22. The number of imidazole rings is 1. The summed E-state index contributed by atoms with van der Waals surface area (Å²) in [6.07, 6.45) is 11.9. The first kappa shape index (κ1) is 14.1. The molecule has 2 aliphatic rings. The highest BCUT2D eigenvalue weighted by Crippen LogP contribution is 2.34. The van der Waals surface area contributed by atoms with Crippen molar-refractivity contribution < 1.29 is 0 Å². The fourth-order valence-corrected chi connectivity index (χ4v) is 4.20. The van der Waals surface area contributed by atoms with Gasteiger partial charge >= 0.3 is 0 Å². The molecule has 22 heavy (non-hydrogen) atoms. The summed E-state index contributed by atoms with van der Waals surface area (Å²) in [6.45, 7) is 2.24. The second kappa shape index (κ2) is 5.58. The lowest BCUT2D eigenvalue weighted by Crippen LogP contribution is -2.25. The van der Waals surface area contributed by atoms with Gasteiger partial charge in [-0.2, -0.15) is 0 Å². The Morgan fingerprint density at radius 3 is 2.82 bits per heavy atom. The van der Waals surface area contributed by atoms with E-state index in [1.165, 1.54) is 67.8 Å². The first-order valence-electron chi connectivity index (χ1n) is 8.61. The highest BCUT2D eigenvalue weighted by atomic mass is 15.2. The quantitative estimate of drug-likeness (QED) is 0.870. The Morgan fingerprint density at radius 1 is 1.18 bits per heavy atom. The third-order valence-electron chi connectivity index (χ3n) is 5.35. The molecule has 2 aromatic rings. The van der Waals surface area contributed by atoms with Crippen molar-refractivity contribution in [3.8, 4) is 0 Å². The Morgan fingerprint density at radius 2 is 2.05 bits per heavy atom. The van der Waals surface area contributed by atoms with Gasteiger partial charge in [-0.15, -0.1) is 0 Å². The molecule has 1 aliphatic carbocycles. The van der Waals surface area contributed by atoms with E-state index in [0.29, 0.717) is 6.04 Å². The number of hydrogen-bond acceptors (Lipinski definition) is 2. The molecule has 4 rings (SSSR count). The van der Waals surface area contributed by atoms with E-state index >= 15 is 0 Å². The molecule has 0 bridgehead atoms. The van der Waals surface area contributed by atoms with Crippen molar-refractivity contribution in [2.75, 3.05) is 6.54 Å². The number of aryl methyl sites for hydroxylation is 2. The van der Waals surface area contributed by atoms with Crippen LogP contribution in [-0.4, -0.2) is 25.6 Å². The molecule has 1 unspecified atom stereocenters. The van der Waals surface area contributed by atoms with E-state index in [1.54, 1.807) is 0 Å². The molecule has 0 saturated carbocycles. The van der Waals surface area contributed by atoms with E-state index in [0.717, 1.165) is 6.54 Å². The number of aromatic nitrogens is 3. The Kier molecular flexibility index (Phi) is 3.57. The van der Waals surface area contributed by atoms with Gasteiger partial charge in [0.25, 0.3) is 0 Å². The lowest BCUT2D eigenvalue weighted by Gasteiger charge is -2.24. The van der Waals surface area contributed by atoms with E-state index in [9.17, 15) is 0 Å². The zero-order chi connectivity index (χ0) is 15.1. The van der Waals surface area contributed by atoms with Crippen molar-refractivity contribution >= 4 is 0 Å². The van der Waals surface area contributed by atoms with Gasteiger partial charge in [0.2, 0.25) is 0 Å². The minimum Gasteiger partial charge on any atom is -0.357 e. The van der Waals surface area contributed by atoms with E-state index < -0.39 is 0 Å². The van der Waals surface area contributed by atoms with Crippen LogP contribution >= 0.6 is 0 Å². The van der Waals surface area contributed by atoms with Gasteiger partial charge in [0, 0.05) is 38.7 Å². The lowest BCUT2D eigenvalue weighted by molar-refractivity contribution is 0.236. The first-order valence-corrected chi connectivity index (χ1v) is 8.61. The van der Waals surface area contributed by atoms with Crippen LogP contribution in [0.5, 0.6) is 0 Å². The number of rotatable bonds is 3. The molecule has 1 fully saturated rings. The summed E-state index contributed by atoms with van der Waals surface area (Å²) >= 11 is 0. The van der Waals surface area contributed by atoms with Crippen LogP contribution in [0.25, 0.3) is 0 Å². The Labute approximate surface area is 132 Å². The number of hydrogen-bond donors (Lipinski definition) is 0. The molecular formula is C18H26N4. The molecular weight excluding hydrogens is 272 g/mol. The maximum Gasteiger partial charge on any atom is 0.126 e. The summed E-state index contributed by atoms with van der Waals surface area (Å²) in [5.74, 6) is 1.31. The van der Waals surface area contributed by atoms with Gasteiger partial charge in [-0.25, -0.2) is 4.98 Å². The normalized spacial score (nSPS) is 22.2. The standard InChI is InChI=1S/C18H26N4/c1-20-11-9-14(12-20)13-22-10-5-8-17(22)18-19-15-6-3-4-7-16(15)21(18)2/h9,11-12,17H,3-8,10,13H2,1-2H3. The molecule has 0 radical (unpaired) electrons. The fourth-order valence-electron chi connectivity index (χ4n) is 4.20. The third kappa shape index (κ3) is 2.39. The van der Waals surface area contributed by atoms with Crippen LogP contribution < -0.4 is 0 Å². The third-order valence-corrected chi connectivity index (χ3v) is 5.35. The summed E-state index contributed by atoms with van der Waals surface area (Å²) in [6, 6.07) is 2.73. The van der Waals surface area contributed by atoms with Crippen molar-refractivity contribution in [2.45, 2.75) is 51.1 Å². The number of likely N-dealkylation sites (tertiary alicyclic amines) is 1. The van der Waals surface area contributed by atoms with Crippen molar-refractivity contribution in [3.63, 3.8) is 0 Å². The summed E-state index contributed by atoms with van der Waals surface area (Å²) in [4.78, 5) is 7.66. The molecule has 0 spiro atoms. The Hall–Kier alpha value is -1.55. The minimum absolute atomic E-state index is 0.496. The molecule has 0 aromatic carbocycles. The molecule has 1 saturated heterocycles. The molecule has 4 heteroatoms. The van der Waals surface area contributed by atoms with E-state index in [4.69, 9.17) is 4.98 Å². The Balaban J connectivity index is 1.59. The van der Waals surface area contributed by atoms with Crippen LogP contribution in [0.2, 0.25) is 0 Å². The van der Waals surface area contributed by atoms with Gasteiger partial charge in [-0.1, -0.05) is 0 Å². The summed E-state index contributed by atoms with van der Waals surface area (Å²) in [5.41, 5.74) is 4.27. The molecule has 118 valence electrons. The van der Waals surface area contributed by atoms with Crippen molar-refractivity contribution in [2.24, 2.45) is 14.1 Å². The summed E-state index contributed by atoms with van der Waals surface area (Å²) in [5, 5.41) is 0. The van der Waals surface area contributed by atoms with E-state index in [2.05, 4.69) is 46.6 Å². The zero-order valence-corrected chi connectivity index (χ0v) is 13.8. The van der Waals surface area contributed by atoms with Crippen molar-refractivity contribution in [3.05, 3.63) is 41.2 Å². The highest BCUT2D eigenvalue weighted by Gasteiger charge is 2.31. The van der Waals surface area contributed by atoms with Gasteiger partial charge in [0.1, 0.15) is 5.82 Å². The topological polar surface area (TPSA) is 26.0 Å². The van der Waals surface area contributed by atoms with E-state index in [-0.39, 0.29) is 0 Å². The molecule has 1 aliphatic heterocycles. The molecule has 2 aromatic heterocycles. The van der Waals surface area contributed by atoms with Crippen molar-refractivity contribution in [1.29, 1.82) is 0 Å². The van der Waals surface area contributed by atoms with Crippen LogP contribution in [0.1, 0.15) is 54.5 Å². The molecule has 3 heterocycles. The predicted octanol–water partition coefficient (Wildman–Crippen LogP) is 2.97. The van der Waals surface area contributed by atoms with Gasteiger partial charge < -0.3 is 9.13 Å². The lowest BCUT2D eigenvalue weighted by atomic mass is 10.0. The smallest absolute Gasteiger partial charge is 0.126 e. The average Bonchev–Trinajstić information content (AvgIpc) is 3.21. The zero-order valence-electron chi connectivity index (χ0n) is 13.8. The molecule has 0 amide bonds. The second-order valence-corrected chi connectivity index (χ2v) is 6.94. The Bertz CT molecular complexity index is 667. The summed E-state index contributed by atoms with van der Waals surface area (Å²) in [7, 11) is 4.32. The maximum absolute atomic E-state index is 5.05. The van der Waals surface area contributed by atoms with Gasteiger partial charge in [-0.3, -0.25) is 4.90 Å². The summed E-state index contributed by atoms with van der Waals surface area (Å²) < 4.78 is 4.54. The van der Waals surface area contributed by atoms with Gasteiger partial charge in [0.05, 0.1) is 11.7 Å². The fraction of sp³-hybridized carbons (Fsp3) is 0.611. The average molecular weight is 298 g/mol. The van der Waals surface area contributed by atoms with Crippen molar-refractivity contribution in [1.82, 2.24) is 19.0 Å². The van der Waals surface area contributed by atoms with Crippen LogP contribution in [0.4, 0.5) is 0 Å². The number of nitrogens with zero attached hydrogens (tertiary/aromatic N) is 4. The largest absolute Gasteiger partial charge is 0.357 e.